The van der Waals surface area contributed by atoms with Crippen molar-refractivity contribution in [3.05, 3.63) is 68.2 Å². The van der Waals surface area contributed by atoms with Crippen molar-refractivity contribution in [1.29, 1.82) is 0 Å². The Balaban J connectivity index is 1.56. The van der Waals surface area contributed by atoms with Crippen LogP contribution in [0.1, 0.15) is 71.4 Å². The molecule has 1 N–H and O–H groups in total. The molecule has 0 bridgehead atoms. The topological polar surface area (TPSA) is 118 Å². The van der Waals surface area contributed by atoms with Gasteiger partial charge in [0.1, 0.15) is 10.5 Å². The highest BCUT2D eigenvalue weighted by molar-refractivity contribution is 7.89. The molecular formula is C30H34F3N5O4S2. The van der Waals surface area contributed by atoms with Crippen LogP contribution in [0, 0.1) is 25.2 Å². The van der Waals surface area contributed by atoms with Gasteiger partial charge in [-0.25, -0.2) is 18.1 Å². The van der Waals surface area contributed by atoms with Gasteiger partial charge in [0.2, 0.25) is 10.0 Å². The van der Waals surface area contributed by atoms with Crippen molar-refractivity contribution >= 4 is 38.4 Å². The third-order valence-electron chi connectivity index (χ3n) is 8.44. The SMILES string of the molecule is CCn1nnc2c(C)c(C(c3nc(CN4C[C@@H](C)Cc5cc(C(F)(F)F)ccc5S4(=O)=O)c(C)s3)C(C)(C)C(=O)O)ccc21. The van der Waals surface area contributed by atoms with Crippen LogP contribution in [0.5, 0.6) is 0 Å². The molecule has 1 aliphatic rings. The maximum atomic E-state index is 13.8. The average Bonchev–Trinajstić information content (AvgIpc) is 3.49. The fourth-order valence-corrected chi connectivity index (χ4v) is 8.88. The zero-order valence-electron chi connectivity index (χ0n) is 25.2. The van der Waals surface area contributed by atoms with Crippen molar-refractivity contribution in [3.63, 3.8) is 0 Å². The number of aromatic nitrogens is 4. The van der Waals surface area contributed by atoms with E-state index in [-0.39, 0.29) is 35.9 Å². The van der Waals surface area contributed by atoms with Crippen molar-refractivity contribution < 1.29 is 31.5 Å². The minimum absolute atomic E-state index is 0.0948. The van der Waals surface area contributed by atoms with Crippen LogP contribution in [-0.2, 0) is 40.5 Å². The Labute approximate surface area is 257 Å². The first kappa shape index (κ1) is 32.0. The molecule has 2 aromatic carbocycles. The van der Waals surface area contributed by atoms with Gasteiger partial charge in [0.15, 0.2) is 0 Å². The first-order valence-corrected chi connectivity index (χ1v) is 16.4. The van der Waals surface area contributed by atoms with Crippen molar-refractivity contribution in [1.82, 2.24) is 24.3 Å². The minimum Gasteiger partial charge on any atom is -0.481 e. The van der Waals surface area contributed by atoms with Crippen molar-refractivity contribution in [3.8, 4) is 0 Å². The molecule has 1 unspecified atom stereocenters. The Bertz CT molecular complexity index is 1860. The Morgan fingerprint density at radius 3 is 2.52 bits per heavy atom. The predicted molar refractivity (Wildman–Crippen MR) is 160 cm³/mol. The molecular weight excluding hydrogens is 615 g/mol. The summed E-state index contributed by atoms with van der Waals surface area (Å²) in [5, 5.41) is 19.4. The predicted octanol–water partition coefficient (Wildman–Crippen LogP) is 6.17. The van der Waals surface area contributed by atoms with Crippen molar-refractivity contribution in [2.75, 3.05) is 6.54 Å². The van der Waals surface area contributed by atoms with Crippen LogP contribution in [0.4, 0.5) is 13.2 Å². The van der Waals surface area contributed by atoms with Crippen LogP contribution in [0.3, 0.4) is 0 Å². The summed E-state index contributed by atoms with van der Waals surface area (Å²) in [4.78, 5) is 18.0. The quantitative estimate of drug-likeness (QED) is 0.255. The number of alkyl halides is 3. The molecule has 2 atom stereocenters. The first-order chi connectivity index (χ1) is 20.5. The van der Waals surface area contributed by atoms with Crippen LogP contribution < -0.4 is 0 Å². The van der Waals surface area contributed by atoms with Gasteiger partial charge in [-0.05, 0) is 87.9 Å². The third kappa shape index (κ3) is 5.51. The summed E-state index contributed by atoms with van der Waals surface area (Å²) < 4.78 is 70.8. The molecule has 0 fully saturated rings. The largest absolute Gasteiger partial charge is 0.481 e. The molecule has 0 saturated carbocycles. The number of benzene rings is 2. The smallest absolute Gasteiger partial charge is 0.416 e. The first-order valence-electron chi connectivity index (χ1n) is 14.2. The molecule has 3 heterocycles. The number of rotatable bonds is 7. The molecule has 44 heavy (non-hydrogen) atoms. The Kier molecular flexibility index (Phi) is 8.17. The maximum Gasteiger partial charge on any atom is 0.416 e. The van der Waals surface area contributed by atoms with Crippen LogP contribution in [0.2, 0.25) is 0 Å². The average molecular weight is 650 g/mol. The number of carboxylic acid groups (broad SMARTS) is 1. The number of aryl methyl sites for hydroxylation is 3. The molecule has 5 rings (SSSR count). The zero-order chi connectivity index (χ0) is 32.4. The molecule has 14 heteroatoms. The number of hydrogen-bond acceptors (Lipinski definition) is 7. The van der Waals surface area contributed by atoms with Gasteiger partial charge >= 0.3 is 12.1 Å². The van der Waals surface area contributed by atoms with Crippen molar-refractivity contribution in [2.24, 2.45) is 11.3 Å². The van der Waals surface area contributed by atoms with E-state index in [0.29, 0.717) is 22.8 Å². The molecule has 236 valence electrons. The van der Waals surface area contributed by atoms with Gasteiger partial charge in [-0.1, -0.05) is 18.2 Å². The summed E-state index contributed by atoms with van der Waals surface area (Å²) in [6.07, 6.45) is -4.41. The van der Waals surface area contributed by atoms with Gasteiger partial charge in [0, 0.05) is 18.0 Å². The summed E-state index contributed by atoms with van der Waals surface area (Å²) >= 11 is 1.31. The highest BCUT2D eigenvalue weighted by Gasteiger charge is 2.43. The summed E-state index contributed by atoms with van der Waals surface area (Å²) in [6.45, 7) is 11.3. The van der Waals surface area contributed by atoms with Gasteiger partial charge in [0.05, 0.1) is 39.5 Å². The molecule has 0 amide bonds. The fourth-order valence-electron chi connectivity index (χ4n) is 5.91. The Hall–Kier alpha value is -3.36. The monoisotopic (exact) mass is 649 g/mol. The van der Waals surface area contributed by atoms with Crippen LogP contribution in [0.15, 0.2) is 35.2 Å². The zero-order valence-corrected chi connectivity index (χ0v) is 26.9. The second kappa shape index (κ2) is 11.2. The van der Waals surface area contributed by atoms with Crippen LogP contribution >= 0.6 is 11.3 Å². The summed E-state index contributed by atoms with van der Waals surface area (Å²) in [7, 11) is -4.15. The highest BCUT2D eigenvalue weighted by atomic mass is 32.2. The second-order valence-electron chi connectivity index (χ2n) is 12.0. The van der Waals surface area contributed by atoms with E-state index < -0.39 is 39.1 Å². The van der Waals surface area contributed by atoms with E-state index in [4.69, 9.17) is 4.98 Å². The fraction of sp³-hybridized carbons (Fsp3) is 0.467. The van der Waals surface area contributed by atoms with E-state index in [1.165, 1.54) is 15.6 Å². The summed E-state index contributed by atoms with van der Waals surface area (Å²) in [5.41, 5.74) is 1.45. The van der Waals surface area contributed by atoms with E-state index in [0.717, 1.165) is 39.7 Å². The number of fused-ring (bicyclic) bond motifs is 2. The van der Waals surface area contributed by atoms with Gasteiger partial charge in [-0.3, -0.25) is 4.79 Å². The maximum absolute atomic E-state index is 13.8. The van der Waals surface area contributed by atoms with Gasteiger partial charge in [-0.15, -0.1) is 16.4 Å². The van der Waals surface area contributed by atoms with E-state index in [1.807, 2.05) is 32.9 Å². The Morgan fingerprint density at radius 1 is 1.18 bits per heavy atom. The van der Waals surface area contributed by atoms with Crippen LogP contribution in [0.25, 0.3) is 11.0 Å². The molecule has 0 aliphatic carbocycles. The number of sulfonamides is 1. The van der Waals surface area contributed by atoms with Gasteiger partial charge in [-0.2, -0.15) is 17.5 Å². The number of thiazole rings is 1. The number of hydrogen-bond donors (Lipinski definition) is 1. The van der Waals surface area contributed by atoms with E-state index in [2.05, 4.69) is 10.3 Å². The number of halogens is 3. The molecule has 9 nitrogen and oxygen atoms in total. The third-order valence-corrected chi connectivity index (χ3v) is 11.4. The van der Waals surface area contributed by atoms with Gasteiger partial charge in [0.25, 0.3) is 0 Å². The molecule has 4 aromatic rings. The molecule has 2 aromatic heterocycles. The van der Waals surface area contributed by atoms with Crippen molar-refractivity contribution in [2.45, 2.75) is 78.0 Å². The standard InChI is InChI=1S/C30H34F3N5O4S2/c1-7-38-23-10-9-21(17(3)26(23)35-36-38)25(29(5,6)28(39)40)27-34-22(18(4)43-27)15-37-14-16(2)12-19-13-20(30(31,32)33)8-11-24(19)44(37,41)42/h8-11,13,16,25H,7,12,14-15H2,1-6H3,(H,39,40)/t16-,25?/m0/s1. The van der Waals surface area contributed by atoms with E-state index >= 15 is 0 Å². The lowest BCUT2D eigenvalue weighted by molar-refractivity contribution is -0.147. The van der Waals surface area contributed by atoms with Crippen LogP contribution in [-0.4, -0.2) is 50.3 Å². The number of nitrogens with zero attached hydrogens (tertiary/aromatic N) is 5. The number of carbonyl (C=O) groups is 1. The lowest BCUT2D eigenvalue weighted by Gasteiger charge is -2.30. The highest BCUT2D eigenvalue weighted by Crippen LogP contribution is 2.45. The molecule has 0 radical (unpaired) electrons. The summed E-state index contributed by atoms with van der Waals surface area (Å²) in [6, 6.07) is 6.52. The molecule has 0 saturated heterocycles. The number of carboxylic acids is 1. The Morgan fingerprint density at radius 2 is 1.89 bits per heavy atom. The second-order valence-corrected chi connectivity index (χ2v) is 15.1. The summed E-state index contributed by atoms with van der Waals surface area (Å²) in [5.74, 6) is -1.96. The minimum atomic E-state index is -4.59. The van der Waals surface area contributed by atoms with Gasteiger partial charge < -0.3 is 5.11 Å². The van der Waals surface area contributed by atoms with E-state index in [1.54, 1.807) is 25.5 Å². The lowest BCUT2D eigenvalue weighted by Crippen LogP contribution is -2.34. The molecule has 1 aliphatic heterocycles. The lowest BCUT2D eigenvalue weighted by atomic mass is 9.74. The number of aliphatic carboxylic acids is 1. The normalized spacial score (nSPS) is 18.2. The molecule has 0 spiro atoms. The van der Waals surface area contributed by atoms with E-state index in [9.17, 15) is 31.5 Å².